The molecule has 0 saturated heterocycles. The standard InChI is InChI=1S/C28H30N2O6/c1-34-22(33)8-7-21(32)29-19-14-26-9-10-28(19,35-2)25-27(26)11-12-30(15-16-3-4-16)20(26)13-17-5-6-18(31)24(36-25)23(17)27/h5-10,16,19,25H,3-4,11-15H2,1-2H3,(H-,29,31,32)/p+1/b8-7+/t19-,25+,26?,27?,28?/m1/s1. The Morgan fingerprint density at radius 3 is 2.83 bits per heavy atom. The number of aromatic hydroxyl groups is 1. The molecule has 188 valence electrons. The summed E-state index contributed by atoms with van der Waals surface area (Å²) in [5.41, 5.74) is 2.12. The summed E-state index contributed by atoms with van der Waals surface area (Å²) >= 11 is 0. The van der Waals surface area contributed by atoms with Crippen LogP contribution in [-0.4, -0.2) is 72.3 Å². The van der Waals surface area contributed by atoms with Crippen molar-refractivity contribution in [2.75, 3.05) is 27.3 Å². The molecule has 2 N–H and O–H groups in total. The normalized spacial score (nSPS) is 36.6. The van der Waals surface area contributed by atoms with Gasteiger partial charge in [0.05, 0.1) is 30.4 Å². The highest BCUT2D eigenvalue weighted by atomic mass is 16.6. The number of nitrogens with zero attached hydrogens (tertiary/aromatic N) is 1. The molecule has 1 amide bonds. The lowest BCUT2D eigenvalue weighted by atomic mass is 9.39. The van der Waals surface area contributed by atoms with Gasteiger partial charge in [0.25, 0.3) is 0 Å². The highest BCUT2D eigenvalue weighted by molar-refractivity contribution is 5.98. The van der Waals surface area contributed by atoms with Gasteiger partial charge in [-0.3, -0.25) is 4.79 Å². The van der Waals surface area contributed by atoms with Crippen LogP contribution < -0.4 is 10.1 Å². The molecule has 5 atom stereocenters. The van der Waals surface area contributed by atoms with Crippen molar-refractivity contribution in [2.45, 2.75) is 55.3 Å². The lowest BCUT2D eigenvalue weighted by Gasteiger charge is -2.65. The molecule has 1 aromatic rings. The number of carbonyl (C=O) groups is 2. The van der Waals surface area contributed by atoms with Gasteiger partial charge in [0, 0.05) is 37.2 Å². The average molecular weight is 492 g/mol. The Kier molecular flexibility index (Phi) is 4.43. The fraction of sp³-hybridized carbons (Fsp3) is 0.536. The van der Waals surface area contributed by atoms with E-state index in [1.165, 1.54) is 37.3 Å². The minimum Gasteiger partial charge on any atom is -0.504 e. The third-order valence-corrected chi connectivity index (χ3v) is 9.71. The molecule has 7 aliphatic rings. The smallest absolute Gasteiger partial charge is 0.330 e. The van der Waals surface area contributed by atoms with Crippen LogP contribution in [0.2, 0.25) is 0 Å². The number of hydrogen-bond acceptors (Lipinski definition) is 6. The zero-order valence-electron chi connectivity index (χ0n) is 20.6. The van der Waals surface area contributed by atoms with Gasteiger partial charge in [-0.1, -0.05) is 12.1 Å². The maximum Gasteiger partial charge on any atom is 0.330 e. The Bertz CT molecular complexity index is 1290. The Balaban J connectivity index is 1.39. The molecule has 4 bridgehead atoms. The predicted molar refractivity (Wildman–Crippen MR) is 129 cm³/mol. The molecule has 5 aliphatic carbocycles. The minimum absolute atomic E-state index is 0.156. The van der Waals surface area contributed by atoms with Crippen LogP contribution >= 0.6 is 0 Å². The number of methoxy groups -OCH3 is 2. The molecule has 36 heavy (non-hydrogen) atoms. The number of rotatable bonds is 6. The Morgan fingerprint density at radius 1 is 1.25 bits per heavy atom. The summed E-state index contributed by atoms with van der Waals surface area (Å²) in [5.74, 6) is 0.513. The van der Waals surface area contributed by atoms with Gasteiger partial charge >= 0.3 is 5.97 Å². The monoisotopic (exact) mass is 491 g/mol. The second kappa shape index (κ2) is 7.22. The number of nitrogens with one attached hydrogen (secondary N) is 1. The largest absolute Gasteiger partial charge is 0.504 e. The highest BCUT2D eigenvalue weighted by Gasteiger charge is 2.80. The number of phenols is 1. The minimum atomic E-state index is -0.916. The topological polar surface area (TPSA) is 97.1 Å². The first-order valence-corrected chi connectivity index (χ1v) is 12.8. The van der Waals surface area contributed by atoms with Crippen molar-refractivity contribution >= 4 is 17.6 Å². The molecule has 2 aliphatic heterocycles. The second-order valence-electron chi connectivity index (χ2n) is 11.2. The first kappa shape index (κ1) is 22.1. The van der Waals surface area contributed by atoms with Gasteiger partial charge < -0.3 is 24.6 Å². The van der Waals surface area contributed by atoms with Gasteiger partial charge in [-0.25, -0.2) is 9.37 Å². The maximum absolute atomic E-state index is 12.9. The average Bonchev–Trinajstić information content (AvgIpc) is 3.62. The molecular weight excluding hydrogens is 460 g/mol. The van der Waals surface area contributed by atoms with Crippen molar-refractivity contribution in [3.05, 3.63) is 47.6 Å². The van der Waals surface area contributed by atoms with E-state index in [1.54, 1.807) is 13.2 Å². The maximum atomic E-state index is 12.9. The molecule has 8 nitrogen and oxygen atoms in total. The highest BCUT2D eigenvalue weighted by Crippen LogP contribution is 2.71. The van der Waals surface area contributed by atoms with Gasteiger partial charge in [0.2, 0.25) is 5.91 Å². The second-order valence-corrected chi connectivity index (χ2v) is 11.2. The van der Waals surface area contributed by atoms with Crippen LogP contribution in [0.25, 0.3) is 0 Å². The zero-order chi connectivity index (χ0) is 24.9. The van der Waals surface area contributed by atoms with Crippen molar-refractivity contribution < 1.29 is 33.5 Å². The number of carbonyl (C=O) groups excluding carboxylic acids is 2. The molecule has 1 aromatic carbocycles. The predicted octanol–water partition coefficient (Wildman–Crippen LogP) is 1.77. The van der Waals surface area contributed by atoms with Gasteiger partial charge in [0.1, 0.15) is 24.8 Å². The summed E-state index contributed by atoms with van der Waals surface area (Å²) in [5, 5.41) is 14.0. The summed E-state index contributed by atoms with van der Waals surface area (Å²) in [6.07, 6.45) is 11.3. The van der Waals surface area contributed by atoms with Gasteiger partial charge in [-0.2, -0.15) is 0 Å². The third kappa shape index (κ3) is 2.55. The van der Waals surface area contributed by atoms with E-state index in [0.717, 1.165) is 43.5 Å². The number of benzene rings is 1. The Labute approximate surface area is 209 Å². The molecule has 8 heteroatoms. The molecule has 2 saturated carbocycles. The van der Waals surface area contributed by atoms with Gasteiger partial charge in [-0.15, -0.1) is 0 Å². The number of amides is 1. The molecule has 8 rings (SSSR count). The van der Waals surface area contributed by atoms with Crippen LogP contribution in [0, 0.1) is 11.3 Å². The van der Waals surface area contributed by atoms with E-state index < -0.39 is 17.7 Å². The van der Waals surface area contributed by atoms with E-state index in [1.807, 2.05) is 0 Å². The molecule has 3 unspecified atom stereocenters. The molecule has 0 aromatic heterocycles. The lowest BCUT2D eigenvalue weighted by Crippen LogP contribution is -2.80. The van der Waals surface area contributed by atoms with Crippen LogP contribution in [0.15, 0.2) is 36.4 Å². The first-order valence-electron chi connectivity index (χ1n) is 12.8. The number of hydrogen-bond donors (Lipinski definition) is 2. The third-order valence-electron chi connectivity index (χ3n) is 9.71. The van der Waals surface area contributed by atoms with Crippen molar-refractivity contribution in [1.29, 1.82) is 0 Å². The zero-order valence-corrected chi connectivity index (χ0v) is 20.6. The van der Waals surface area contributed by atoms with E-state index >= 15 is 0 Å². The summed E-state index contributed by atoms with van der Waals surface area (Å²) in [6, 6.07) is 3.42. The number of ether oxygens (including phenoxy) is 3. The number of phenolic OH excluding ortho intramolecular Hbond substituents is 1. The molecule has 0 radical (unpaired) electrons. The van der Waals surface area contributed by atoms with Crippen LogP contribution in [0.3, 0.4) is 0 Å². The molecule has 2 heterocycles. The van der Waals surface area contributed by atoms with Crippen molar-refractivity contribution in [3.8, 4) is 11.5 Å². The van der Waals surface area contributed by atoms with E-state index in [9.17, 15) is 14.7 Å². The van der Waals surface area contributed by atoms with Gasteiger partial charge in [0.15, 0.2) is 17.2 Å². The van der Waals surface area contributed by atoms with E-state index in [-0.39, 0.29) is 28.5 Å². The van der Waals surface area contributed by atoms with Gasteiger partial charge in [-0.05, 0) is 37.0 Å². The number of fused-ring (bicyclic) bond motifs is 1. The summed E-state index contributed by atoms with van der Waals surface area (Å²) < 4.78 is 20.2. The number of allylic oxidation sites excluding steroid dienone is 1. The van der Waals surface area contributed by atoms with Crippen LogP contribution in [0.4, 0.5) is 0 Å². The van der Waals surface area contributed by atoms with E-state index in [4.69, 9.17) is 9.47 Å². The molecular formula is C28H31N2O6+. The van der Waals surface area contributed by atoms with Crippen LogP contribution in [-0.2, 0) is 30.9 Å². The SMILES string of the molecule is COC(=O)/C=C/C(=O)N[C@@H]1CC23C=CC1(OC)[C@H]1Oc4c(O)ccc5c4C12CC[N+](CC1CC1)=C3C5. The van der Waals surface area contributed by atoms with Crippen molar-refractivity contribution in [1.82, 2.24) is 5.32 Å². The molecule has 2 spiro atoms. The van der Waals surface area contributed by atoms with Crippen molar-refractivity contribution in [2.24, 2.45) is 11.3 Å². The quantitative estimate of drug-likeness (QED) is 0.273. The Morgan fingerprint density at radius 2 is 2.08 bits per heavy atom. The van der Waals surface area contributed by atoms with E-state index in [0.29, 0.717) is 12.2 Å². The Hall–Kier alpha value is -3.13. The number of esters is 1. The summed E-state index contributed by atoms with van der Waals surface area (Å²) in [6.45, 7) is 2.02. The lowest BCUT2D eigenvalue weighted by molar-refractivity contribution is -0.546. The van der Waals surface area contributed by atoms with Crippen LogP contribution in [0.1, 0.15) is 36.8 Å². The first-order chi connectivity index (χ1) is 17.4. The fourth-order valence-electron chi connectivity index (χ4n) is 8.05. The van der Waals surface area contributed by atoms with Crippen LogP contribution in [0.5, 0.6) is 11.5 Å². The van der Waals surface area contributed by atoms with Crippen molar-refractivity contribution in [3.63, 3.8) is 0 Å². The molecule has 2 fully saturated rings. The fourth-order valence-corrected chi connectivity index (χ4v) is 8.05. The summed E-state index contributed by atoms with van der Waals surface area (Å²) in [4.78, 5) is 24.5. The summed E-state index contributed by atoms with van der Waals surface area (Å²) in [7, 11) is 2.94. The van der Waals surface area contributed by atoms with E-state index in [2.05, 4.69) is 32.8 Å².